The number of carbonyl (C=O) groups excluding carboxylic acids is 9. The van der Waals surface area contributed by atoms with Gasteiger partial charge < -0.3 is 16.0 Å². The fourth-order valence-electron chi connectivity index (χ4n) is 6.54. The summed E-state index contributed by atoms with van der Waals surface area (Å²) in [5.41, 5.74) is 16.1. The Kier molecular flexibility index (Phi) is 21.1. The molecule has 3 aromatic rings. The number of urea groups is 3. The first-order valence-corrected chi connectivity index (χ1v) is 22.2. The lowest BCUT2D eigenvalue weighted by atomic mass is 10.2. The molecule has 0 aromatic heterocycles. The van der Waals surface area contributed by atoms with Gasteiger partial charge in [-0.3, -0.25) is 61.3 Å². The second-order valence-corrected chi connectivity index (χ2v) is 17.2. The zero-order valence-corrected chi connectivity index (χ0v) is 39.6. The second-order valence-electron chi connectivity index (χ2n) is 17.2. The molecule has 1 saturated heterocycles. The molecule has 3 aromatic carbocycles. The summed E-state index contributed by atoms with van der Waals surface area (Å²) in [6.45, 7) is 7.22. The Balaban J connectivity index is 1.72. The Morgan fingerprint density at radius 2 is 0.594 bits per heavy atom. The molecule has 4 rings (SSSR count). The average Bonchev–Trinajstić information content (AvgIpc) is 3.25. The van der Waals surface area contributed by atoms with Gasteiger partial charge in [0.15, 0.2) is 0 Å². The lowest BCUT2D eigenvalue weighted by Crippen LogP contribution is -2.60. The van der Waals surface area contributed by atoms with E-state index >= 15 is 0 Å². The molecule has 1 fully saturated rings. The van der Waals surface area contributed by atoms with Crippen LogP contribution in [-0.2, 0) is 28.8 Å². The first kappa shape index (κ1) is 53.8. The highest BCUT2D eigenvalue weighted by molar-refractivity contribution is 5.96. The van der Waals surface area contributed by atoms with Crippen molar-refractivity contribution in [3.8, 4) is 0 Å². The standard InChI is InChI=1S/C45H63N15O9/c1-31(2)22-55-25-37(61)52-59(44(68)47-35-18-12-8-13-19-35)29-41(65)50-57(24-33(5)6)27-39(63)54-60(45(69)48-36-20-14-9-15-21-36)30-42(66)51-56(23-32(3)4)26-38(62)53-58(28-40(64)49-55)43(67)46-34-16-10-7-11-17-34/h7-21,31-33H,22-30H2,1-6H3,(H,46,67)(H,47,68)(H,48,69)(H,49,64)(H,50,65)(H,51,66)(H,52,61)(H,53,62)(H,54,63). The van der Waals surface area contributed by atoms with Crippen molar-refractivity contribution in [2.45, 2.75) is 41.5 Å². The summed E-state index contributed by atoms with van der Waals surface area (Å²) in [6.07, 6.45) is 0. The molecule has 24 nitrogen and oxygen atoms in total. The summed E-state index contributed by atoms with van der Waals surface area (Å²) in [7, 11) is 0. The topological polar surface area (TPSA) is 281 Å². The molecule has 12 amide bonds. The molecule has 69 heavy (non-hydrogen) atoms. The Morgan fingerprint density at radius 3 is 0.812 bits per heavy atom. The number of amides is 12. The normalized spacial score (nSPS) is 16.4. The van der Waals surface area contributed by atoms with Gasteiger partial charge in [0.2, 0.25) is 0 Å². The molecule has 0 unspecified atom stereocenters. The Hall–Kier alpha value is -7.83. The van der Waals surface area contributed by atoms with Gasteiger partial charge in [-0.15, -0.1) is 0 Å². The zero-order chi connectivity index (χ0) is 50.5. The van der Waals surface area contributed by atoms with Crippen molar-refractivity contribution < 1.29 is 43.2 Å². The third kappa shape index (κ3) is 20.3. The molecule has 0 bridgehead atoms. The summed E-state index contributed by atoms with van der Waals surface area (Å²) in [4.78, 5) is 123. The minimum absolute atomic E-state index is 0.0971. The summed E-state index contributed by atoms with van der Waals surface area (Å²) < 4.78 is 0. The van der Waals surface area contributed by atoms with Crippen LogP contribution in [0.5, 0.6) is 0 Å². The first-order chi connectivity index (χ1) is 32.8. The van der Waals surface area contributed by atoms with Crippen LogP contribution >= 0.6 is 0 Å². The zero-order valence-electron chi connectivity index (χ0n) is 39.6. The molecule has 0 spiro atoms. The minimum atomic E-state index is -0.917. The second kappa shape index (κ2) is 27.1. The molecule has 1 aliphatic heterocycles. The quantitative estimate of drug-likeness (QED) is 0.148. The van der Waals surface area contributed by atoms with E-state index < -0.39 is 92.8 Å². The van der Waals surface area contributed by atoms with E-state index in [1.807, 2.05) is 41.5 Å². The highest BCUT2D eigenvalue weighted by atomic mass is 16.2. The van der Waals surface area contributed by atoms with Crippen LogP contribution in [0, 0.1) is 17.8 Å². The van der Waals surface area contributed by atoms with Crippen molar-refractivity contribution >= 4 is 70.6 Å². The number of benzene rings is 3. The summed E-state index contributed by atoms with van der Waals surface area (Å²) in [6, 6.07) is 21.9. The maximum Gasteiger partial charge on any atom is 0.341 e. The van der Waals surface area contributed by atoms with Gasteiger partial charge in [-0.2, -0.15) is 0 Å². The number of rotatable bonds is 9. The van der Waals surface area contributed by atoms with E-state index in [9.17, 15) is 43.2 Å². The molecular weight excluding hydrogens is 895 g/mol. The molecule has 0 atom stereocenters. The van der Waals surface area contributed by atoms with Crippen molar-refractivity contribution in [3.63, 3.8) is 0 Å². The van der Waals surface area contributed by atoms with Gasteiger partial charge in [0, 0.05) is 36.7 Å². The van der Waals surface area contributed by atoms with Gasteiger partial charge in [-0.05, 0) is 54.2 Å². The average molecular weight is 958 g/mol. The SMILES string of the molecule is CC(C)CN1CC(=O)NN(C(=O)Nc2ccccc2)CC(=O)NN(CC(C)C)CC(=O)NN(C(=O)Nc2ccccc2)CC(=O)NN(CC(C)C)CC(=O)NN(C(=O)Nc2ccccc2)CC(=O)N1. The van der Waals surface area contributed by atoms with Crippen LogP contribution in [0.1, 0.15) is 41.5 Å². The molecule has 24 heteroatoms. The number of hydrogen-bond acceptors (Lipinski definition) is 12. The van der Waals surface area contributed by atoms with E-state index in [-0.39, 0.29) is 37.4 Å². The number of carbonyl (C=O) groups is 9. The van der Waals surface area contributed by atoms with E-state index in [2.05, 4.69) is 48.5 Å². The van der Waals surface area contributed by atoms with E-state index in [1.54, 1.807) is 91.0 Å². The van der Waals surface area contributed by atoms with Crippen LogP contribution in [-0.4, -0.2) is 142 Å². The summed E-state index contributed by atoms with van der Waals surface area (Å²) in [5.74, 6) is -5.45. The molecule has 0 radical (unpaired) electrons. The molecule has 372 valence electrons. The fraction of sp³-hybridized carbons (Fsp3) is 0.400. The Morgan fingerprint density at radius 1 is 0.377 bits per heavy atom. The lowest BCUT2D eigenvalue weighted by molar-refractivity contribution is -0.133. The predicted molar refractivity (Wildman–Crippen MR) is 255 cm³/mol. The fourth-order valence-corrected chi connectivity index (χ4v) is 6.54. The van der Waals surface area contributed by atoms with E-state index in [1.165, 1.54) is 15.0 Å². The molecule has 1 heterocycles. The van der Waals surface area contributed by atoms with Crippen LogP contribution in [0.3, 0.4) is 0 Å². The van der Waals surface area contributed by atoms with E-state index in [4.69, 9.17) is 0 Å². The van der Waals surface area contributed by atoms with Crippen molar-refractivity contribution in [1.82, 2.24) is 62.6 Å². The third-order valence-electron chi connectivity index (χ3n) is 9.10. The van der Waals surface area contributed by atoms with Crippen molar-refractivity contribution in [2.75, 3.05) is 74.9 Å². The monoisotopic (exact) mass is 957 g/mol. The van der Waals surface area contributed by atoms with Gasteiger partial charge in [0.1, 0.15) is 19.6 Å². The Bertz CT molecular complexity index is 1910. The van der Waals surface area contributed by atoms with Crippen LogP contribution in [0.4, 0.5) is 31.4 Å². The molecule has 9 N–H and O–H groups in total. The summed E-state index contributed by atoms with van der Waals surface area (Å²) >= 11 is 0. The first-order valence-electron chi connectivity index (χ1n) is 22.2. The van der Waals surface area contributed by atoms with Crippen LogP contribution in [0.25, 0.3) is 0 Å². The largest absolute Gasteiger partial charge is 0.341 e. The van der Waals surface area contributed by atoms with Crippen molar-refractivity contribution in [3.05, 3.63) is 91.0 Å². The summed E-state index contributed by atoms with van der Waals surface area (Å²) in [5, 5.41) is 13.7. The molecule has 0 aliphatic carbocycles. The third-order valence-corrected chi connectivity index (χ3v) is 9.10. The smallest absolute Gasteiger partial charge is 0.306 e. The van der Waals surface area contributed by atoms with Crippen LogP contribution < -0.4 is 48.5 Å². The maximum atomic E-state index is 13.7. The van der Waals surface area contributed by atoms with Crippen LogP contribution in [0.2, 0.25) is 0 Å². The van der Waals surface area contributed by atoms with Crippen molar-refractivity contribution in [2.24, 2.45) is 17.8 Å². The highest BCUT2D eigenvalue weighted by Gasteiger charge is 2.29. The van der Waals surface area contributed by atoms with Crippen LogP contribution in [0.15, 0.2) is 91.0 Å². The van der Waals surface area contributed by atoms with Gasteiger partial charge in [-0.1, -0.05) is 96.1 Å². The minimum Gasteiger partial charge on any atom is -0.306 e. The Labute approximate surface area is 400 Å². The number of para-hydroxylation sites is 3. The molecule has 0 saturated carbocycles. The highest BCUT2D eigenvalue weighted by Crippen LogP contribution is 2.10. The molecular formula is C45H63N15O9. The van der Waals surface area contributed by atoms with Gasteiger partial charge in [0.25, 0.3) is 35.4 Å². The van der Waals surface area contributed by atoms with Crippen molar-refractivity contribution in [1.29, 1.82) is 0 Å². The number of anilines is 3. The lowest BCUT2D eigenvalue weighted by Gasteiger charge is -2.31. The number of nitrogens with zero attached hydrogens (tertiary/aromatic N) is 6. The number of hydrogen-bond donors (Lipinski definition) is 9. The maximum absolute atomic E-state index is 13.7. The van der Waals surface area contributed by atoms with E-state index in [0.29, 0.717) is 32.1 Å². The van der Waals surface area contributed by atoms with Gasteiger partial charge >= 0.3 is 18.1 Å². The van der Waals surface area contributed by atoms with E-state index in [0.717, 1.165) is 0 Å². The number of nitrogens with one attached hydrogen (secondary N) is 9. The molecule has 1 aliphatic rings. The van der Waals surface area contributed by atoms with Gasteiger partial charge in [0.05, 0.1) is 19.6 Å². The van der Waals surface area contributed by atoms with Gasteiger partial charge in [-0.25, -0.2) is 44.4 Å². The predicted octanol–water partition coefficient (Wildman–Crippen LogP) is 1.66. The number of hydrazine groups is 6.